The van der Waals surface area contributed by atoms with E-state index in [0.29, 0.717) is 0 Å². The predicted molar refractivity (Wildman–Crippen MR) is 35.6 cm³/mol. The summed E-state index contributed by atoms with van der Waals surface area (Å²) < 4.78 is 0. The van der Waals surface area contributed by atoms with Crippen LogP contribution in [0.25, 0.3) is 0 Å². The lowest BCUT2D eigenvalue weighted by Crippen LogP contribution is -2.12. The molecule has 0 spiro atoms. The van der Waals surface area contributed by atoms with E-state index in [4.69, 9.17) is 9.90 Å². The average molecular weight is 145 g/mol. The van der Waals surface area contributed by atoms with Gasteiger partial charge in [0.1, 0.15) is 0 Å². The van der Waals surface area contributed by atoms with Gasteiger partial charge in [0.25, 0.3) is 5.97 Å². The summed E-state index contributed by atoms with van der Waals surface area (Å²) in [7, 11) is 0. The Morgan fingerprint density at radius 1 is 1.70 bits per heavy atom. The van der Waals surface area contributed by atoms with Gasteiger partial charge in [-0.2, -0.15) is 0 Å². The molecule has 0 aromatic carbocycles. The van der Waals surface area contributed by atoms with Crippen LogP contribution in [0.4, 0.5) is 0 Å². The number of nitrogens with one attached hydrogen (secondary N) is 1. The van der Waals surface area contributed by atoms with E-state index in [1.807, 2.05) is 0 Å². The summed E-state index contributed by atoms with van der Waals surface area (Å²) in [5, 5.41) is 10.1. The maximum absolute atomic E-state index is 10.1. The Balaban J connectivity index is 0.000000180. The van der Waals surface area contributed by atoms with Gasteiger partial charge < -0.3 is 10.4 Å². The van der Waals surface area contributed by atoms with E-state index in [1.165, 1.54) is 0 Å². The van der Waals surface area contributed by atoms with Gasteiger partial charge in [0, 0.05) is 19.9 Å². The lowest BCUT2D eigenvalue weighted by Gasteiger charge is -1.80. The first-order valence-electron chi connectivity index (χ1n) is 3.09. The van der Waals surface area contributed by atoms with Crippen LogP contribution in [-0.2, 0) is 9.59 Å². The predicted octanol–water partition coefficient (Wildman–Crippen LogP) is -0.0127. The highest BCUT2D eigenvalue weighted by atomic mass is 16.4. The molecule has 0 aromatic rings. The van der Waals surface area contributed by atoms with Crippen LogP contribution in [0.2, 0.25) is 0 Å². The Labute approximate surface area is 59.2 Å². The second kappa shape index (κ2) is 4.78. The summed E-state index contributed by atoms with van der Waals surface area (Å²) in [6.45, 7) is 1.97. The number of carboxylic acids is 1. The van der Waals surface area contributed by atoms with Crippen molar-refractivity contribution in [3.05, 3.63) is 0 Å². The van der Waals surface area contributed by atoms with E-state index in [0.717, 1.165) is 26.3 Å². The van der Waals surface area contributed by atoms with E-state index in [-0.39, 0.29) is 5.91 Å². The molecule has 58 valence electrons. The summed E-state index contributed by atoms with van der Waals surface area (Å²) in [6, 6.07) is 0. The van der Waals surface area contributed by atoms with Crippen LogP contribution in [0.5, 0.6) is 0 Å². The van der Waals surface area contributed by atoms with Crippen molar-refractivity contribution in [2.45, 2.75) is 19.8 Å². The molecule has 2 N–H and O–H groups in total. The highest BCUT2D eigenvalue weighted by Gasteiger charge is 2.05. The first-order chi connectivity index (χ1) is 4.63. The summed E-state index contributed by atoms with van der Waals surface area (Å²) in [5.41, 5.74) is 0. The first-order valence-corrected chi connectivity index (χ1v) is 3.09. The number of aliphatic carboxylic acids is 1. The highest BCUT2D eigenvalue weighted by Crippen LogP contribution is 1.93. The Morgan fingerprint density at radius 2 is 2.20 bits per heavy atom. The minimum atomic E-state index is -0.833. The van der Waals surface area contributed by atoms with Gasteiger partial charge in [-0.3, -0.25) is 9.59 Å². The monoisotopic (exact) mass is 145 g/mol. The number of amides is 1. The molecule has 1 rings (SSSR count). The number of carbonyl (C=O) groups is 2. The Kier molecular flexibility index (Phi) is 4.28. The van der Waals surface area contributed by atoms with Crippen molar-refractivity contribution in [1.82, 2.24) is 5.32 Å². The summed E-state index contributed by atoms with van der Waals surface area (Å²) in [6.07, 6.45) is 1.76. The minimum Gasteiger partial charge on any atom is -0.481 e. The molecule has 10 heavy (non-hydrogen) atoms. The molecule has 0 aromatic heterocycles. The zero-order valence-electron chi connectivity index (χ0n) is 5.89. The van der Waals surface area contributed by atoms with Crippen LogP contribution in [-0.4, -0.2) is 23.5 Å². The molecule has 1 heterocycles. The van der Waals surface area contributed by atoms with Crippen LogP contribution in [0.15, 0.2) is 0 Å². The van der Waals surface area contributed by atoms with Crippen molar-refractivity contribution in [1.29, 1.82) is 0 Å². The smallest absolute Gasteiger partial charge is 0.300 e. The number of carboxylic acid groups (broad SMARTS) is 1. The third kappa shape index (κ3) is 6.94. The molecule has 1 saturated heterocycles. The maximum Gasteiger partial charge on any atom is 0.300 e. The zero-order chi connectivity index (χ0) is 7.98. The van der Waals surface area contributed by atoms with Gasteiger partial charge in [0.2, 0.25) is 5.91 Å². The Morgan fingerprint density at radius 3 is 2.30 bits per heavy atom. The lowest BCUT2D eigenvalue weighted by molar-refractivity contribution is -0.134. The first kappa shape index (κ1) is 8.94. The molecule has 0 radical (unpaired) electrons. The molecule has 1 aliphatic rings. The minimum absolute atomic E-state index is 0.204. The molecule has 0 saturated carbocycles. The van der Waals surface area contributed by atoms with E-state index >= 15 is 0 Å². The van der Waals surface area contributed by atoms with Gasteiger partial charge in [0.05, 0.1) is 0 Å². The normalized spacial score (nSPS) is 15.1. The number of carbonyl (C=O) groups excluding carboxylic acids is 1. The third-order valence-corrected chi connectivity index (χ3v) is 0.903. The van der Waals surface area contributed by atoms with E-state index in [9.17, 15) is 4.79 Å². The molecule has 4 nitrogen and oxygen atoms in total. The second-order valence-corrected chi connectivity index (χ2v) is 1.97. The quantitative estimate of drug-likeness (QED) is 0.503. The standard InChI is InChI=1S/C4H7NO.C2H4O2/c6-4-2-1-3-5-4;1-2(3)4/h1-3H2,(H,5,6);1H3,(H,3,4). The number of rotatable bonds is 0. The molecular weight excluding hydrogens is 134 g/mol. The fourth-order valence-electron chi connectivity index (χ4n) is 0.565. The van der Waals surface area contributed by atoms with Gasteiger partial charge in [-0.15, -0.1) is 0 Å². The van der Waals surface area contributed by atoms with Crippen molar-refractivity contribution >= 4 is 11.9 Å². The average Bonchev–Trinajstić information content (AvgIpc) is 2.15. The molecular formula is C6H11NO3. The molecule has 0 aliphatic carbocycles. The van der Waals surface area contributed by atoms with Crippen LogP contribution in [0.1, 0.15) is 19.8 Å². The molecule has 0 unspecified atom stereocenters. The SMILES string of the molecule is CC(=O)O.O=C1CCCN1. The van der Waals surface area contributed by atoms with Gasteiger partial charge in [-0.05, 0) is 6.42 Å². The maximum atomic E-state index is 10.1. The molecule has 0 bridgehead atoms. The number of hydrogen-bond acceptors (Lipinski definition) is 2. The zero-order valence-corrected chi connectivity index (χ0v) is 5.89. The molecule has 1 fully saturated rings. The van der Waals surface area contributed by atoms with Gasteiger partial charge in [-0.1, -0.05) is 0 Å². The van der Waals surface area contributed by atoms with Gasteiger partial charge >= 0.3 is 0 Å². The molecule has 0 atom stereocenters. The summed E-state index contributed by atoms with van der Waals surface area (Å²) in [5.74, 6) is -0.630. The van der Waals surface area contributed by atoms with Crippen LogP contribution in [0, 0.1) is 0 Å². The molecule has 1 aliphatic heterocycles. The van der Waals surface area contributed by atoms with Crippen LogP contribution < -0.4 is 5.32 Å². The van der Waals surface area contributed by atoms with Gasteiger partial charge in [-0.25, -0.2) is 0 Å². The van der Waals surface area contributed by atoms with Crippen molar-refractivity contribution in [2.24, 2.45) is 0 Å². The van der Waals surface area contributed by atoms with Crippen LogP contribution in [0.3, 0.4) is 0 Å². The van der Waals surface area contributed by atoms with Crippen molar-refractivity contribution in [3.8, 4) is 0 Å². The van der Waals surface area contributed by atoms with Crippen molar-refractivity contribution in [2.75, 3.05) is 6.54 Å². The fourth-order valence-corrected chi connectivity index (χ4v) is 0.565. The van der Waals surface area contributed by atoms with Gasteiger partial charge in [0.15, 0.2) is 0 Å². The largest absolute Gasteiger partial charge is 0.481 e. The third-order valence-electron chi connectivity index (χ3n) is 0.903. The summed E-state index contributed by atoms with van der Waals surface area (Å²) in [4.78, 5) is 19.1. The van der Waals surface area contributed by atoms with E-state index in [2.05, 4.69) is 5.32 Å². The fraction of sp³-hybridized carbons (Fsp3) is 0.667. The molecule has 1 amide bonds. The van der Waals surface area contributed by atoms with E-state index < -0.39 is 5.97 Å². The Hall–Kier alpha value is -1.06. The Bertz CT molecular complexity index is 121. The molecule has 4 heteroatoms. The van der Waals surface area contributed by atoms with Crippen molar-refractivity contribution < 1.29 is 14.7 Å². The highest BCUT2D eigenvalue weighted by molar-refractivity contribution is 5.77. The van der Waals surface area contributed by atoms with Crippen LogP contribution >= 0.6 is 0 Å². The lowest BCUT2D eigenvalue weighted by atomic mass is 10.4. The van der Waals surface area contributed by atoms with E-state index in [1.54, 1.807) is 0 Å². The topological polar surface area (TPSA) is 66.4 Å². The van der Waals surface area contributed by atoms with Crippen molar-refractivity contribution in [3.63, 3.8) is 0 Å². The summed E-state index contributed by atoms with van der Waals surface area (Å²) >= 11 is 0. The number of hydrogen-bond donors (Lipinski definition) is 2. The second-order valence-electron chi connectivity index (χ2n) is 1.97.